The Balaban J connectivity index is 1.80. The fourth-order valence-corrected chi connectivity index (χ4v) is 4.26. The summed E-state index contributed by atoms with van der Waals surface area (Å²) in [5, 5.41) is 0. The summed E-state index contributed by atoms with van der Waals surface area (Å²) in [4.78, 5) is 0.0792. The van der Waals surface area contributed by atoms with Crippen LogP contribution in [0.3, 0.4) is 0 Å². The van der Waals surface area contributed by atoms with Gasteiger partial charge in [0.25, 0.3) is 10.0 Å². The van der Waals surface area contributed by atoms with Crippen molar-refractivity contribution in [3.63, 3.8) is 0 Å². The molecule has 0 unspecified atom stereocenters. The molecule has 7 heteroatoms. The number of benzene rings is 3. The number of alkyl halides is 3. The fraction of sp³-hybridized carbons (Fsp3) is 0.0909. The minimum absolute atomic E-state index is 0.0792. The van der Waals surface area contributed by atoms with Gasteiger partial charge >= 0.3 is 6.18 Å². The summed E-state index contributed by atoms with van der Waals surface area (Å²) in [5.74, 6) is 0. The third-order valence-electron chi connectivity index (χ3n) is 4.83. The molecule has 0 radical (unpaired) electrons. The van der Waals surface area contributed by atoms with E-state index in [1.54, 1.807) is 36.4 Å². The maximum atomic E-state index is 13.2. The number of nitrogens with one attached hydrogen (secondary N) is 1. The zero-order chi connectivity index (χ0) is 20.8. The topological polar surface area (TPSA) is 46.2 Å². The minimum atomic E-state index is -4.49. The lowest BCUT2D eigenvalue weighted by atomic mass is 10.0. The van der Waals surface area contributed by atoms with Crippen molar-refractivity contribution in [3.8, 4) is 11.1 Å². The Bertz CT molecular complexity index is 1230. The molecule has 0 saturated carbocycles. The van der Waals surface area contributed by atoms with E-state index in [0.29, 0.717) is 22.3 Å². The first kappa shape index (κ1) is 19.3. The molecule has 0 atom stereocenters. The first-order valence-electron chi connectivity index (χ1n) is 8.77. The molecule has 0 saturated heterocycles. The van der Waals surface area contributed by atoms with Crippen LogP contribution < -0.4 is 4.72 Å². The van der Waals surface area contributed by atoms with Crippen molar-refractivity contribution >= 4 is 15.6 Å². The Hall–Kier alpha value is -3.06. The lowest BCUT2D eigenvalue weighted by Crippen LogP contribution is -2.18. The van der Waals surface area contributed by atoms with Gasteiger partial charge in [0.05, 0.1) is 10.5 Å². The summed E-state index contributed by atoms with van der Waals surface area (Å²) in [6.07, 6.45) is -3.23. The Morgan fingerprint density at radius 3 is 2.10 bits per heavy atom. The number of rotatable bonds is 3. The Morgan fingerprint density at radius 1 is 0.828 bits per heavy atom. The van der Waals surface area contributed by atoms with Crippen LogP contribution in [0.15, 0.2) is 77.8 Å². The van der Waals surface area contributed by atoms with Crippen molar-refractivity contribution < 1.29 is 21.6 Å². The Labute approximate surface area is 166 Å². The van der Waals surface area contributed by atoms with Crippen LogP contribution in [-0.4, -0.2) is 8.42 Å². The van der Waals surface area contributed by atoms with Crippen molar-refractivity contribution in [2.45, 2.75) is 18.0 Å². The highest BCUT2D eigenvalue weighted by Gasteiger charge is 2.33. The van der Waals surface area contributed by atoms with E-state index < -0.39 is 21.8 Å². The van der Waals surface area contributed by atoms with Gasteiger partial charge in [-0.25, -0.2) is 8.42 Å². The molecule has 29 heavy (non-hydrogen) atoms. The van der Waals surface area contributed by atoms with E-state index in [0.717, 1.165) is 23.3 Å². The predicted octanol–water partition coefficient (Wildman–Crippen LogP) is 5.36. The van der Waals surface area contributed by atoms with Crippen LogP contribution in [-0.2, 0) is 16.2 Å². The average Bonchev–Trinajstić information content (AvgIpc) is 2.99. The van der Waals surface area contributed by atoms with Crippen molar-refractivity contribution in [1.82, 2.24) is 4.72 Å². The van der Waals surface area contributed by atoms with Gasteiger partial charge in [0.1, 0.15) is 0 Å². The highest BCUT2D eigenvalue weighted by Crippen LogP contribution is 2.45. The quantitative estimate of drug-likeness (QED) is 0.490. The van der Waals surface area contributed by atoms with Gasteiger partial charge in [-0.2, -0.15) is 13.2 Å². The largest absolute Gasteiger partial charge is 0.416 e. The third kappa shape index (κ3) is 3.53. The van der Waals surface area contributed by atoms with Crippen molar-refractivity contribution in [3.05, 3.63) is 95.2 Å². The van der Waals surface area contributed by atoms with Crippen LogP contribution in [0.1, 0.15) is 22.3 Å². The molecule has 148 valence electrons. The van der Waals surface area contributed by atoms with Gasteiger partial charge in [-0.1, -0.05) is 48.0 Å². The fourth-order valence-electron chi connectivity index (χ4n) is 3.35. The first-order chi connectivity index (χ1) is 13.7. The molecule has 3 aromatic rings. The zero-order valence-electron chi connectivity index (χ0n) is 15.3. The molecular formula is C22H16F3NO2S. The van der Waals surface area contributed by atoms with Crippen LogP contribution in [0, 0.1) is 6.92 Å². The normalized spacial score (nSPS) is 14.6. The molecule has 0 bridgehead atoms. The van der Waals surface area contributed by atoms with Gasteiger partial charge in [-0.05, 0) is 53.4 Å². The number of hydrogen-bond donors (Lipinski definition) is 1. The molecule has 0 spiro atoms. The number of sulfonamides is 1. The average molecular weight is 415 g/mol. The van der Waals surface area contributed by atoms with E-state index >= 15 is 0 Å². The maximum Gasteiger partial charge on any atom is 0.416 e. The second-order valence-corrected chi connectivity index (χ2v) is 8.51. The van der Waals surface area contributed by atoms with Crippen LogP contribution in [0.5, 0.6) is 0 Å². The monoisotopic (exact) mass is 415 g/mol. The second kappa shape index (κ2) is 6.77. The van der Waals surface area contributed by atoms with E-state index in [1.165, 1.54) is 24.4 Å². The Kier molecular flexibility index (Phi) is 4.50. The first-order valence-corrected chi connectivity index (χ1v) is 10.3. The Morgan fingerprint density at radius 2 is 1.45 bits per heavy atom. The summed E-state index contributed by atoms with van der Waals surface area (Å²) in [5.41, 5.74) is 2.95. The summed E-state index contributed by atoms with van der Waals surface area (Å²) in [6, 6.07) is 16.9. The number of fused-ring (bicyclic) bond motifs is 3. The van der Waals surface area contributed by atoms with Crippen LogP contribution >= 0.6 is 0 Å². The summed E-state index contributed by atoms with van der Waals surface area (Å²) < 4.78 is 67.3. The van der Waals surface area contributed by atoms with Gasteiger partial charge in [-0.15, -0.1) is 0 Å². The molecule has 1 N–H and O–H groups in total. The highest BCUT2D eigenvalue weighted by atomic mass is 32.2. The van der Waals surface area contributed by atoms with Crippen molar-refractivity contribution in [2.75, 3.05) is 0 Å². The van der Waals surface area contributed by atoms with E-state index in [1.807, 2.05) is 6.92 Å². The molecule has 0 aromatic heterocycles. The smallest absolute Gasteiger partial charge is 0.286 e. The summed E-state index contributed by atoms with van der Waals surface area (Å²) in [6.45, 7) is 1.84. The van der Waals surface area contributed by atoms with E-state index in [9.17, 15) is 21.6 Å². The number of aryl methyl sites for hydroxylation is 1. The lowest BCUT2D eigenvalue weighted by molar-refractivity contribution is -0.137. The van der Waals surface area contributed by atoms with Crippen LogP contribution in [0.4, 0.5) is 13.2 Å². The summed E-state index contributed by atoms with van der Waals surface area (Å²) >= 11 is 0. The predicted molar refractivity (Wildman–Crippen MR) is 105 cm³/mol. The second-order valence-electron chi connectivity index (χ2n) is 6.80. The third-order valence-corrected chi connectivity index (χ3v) is 6.16. The highest BCUT2D eigenvalue weighted by molar-refractivity contribution is 7.89. The maximum absolute atomic E-state index is 13.2. The lowest BCUT2D eigenvalue weighted by Gasteiger charge is -2.10. The molecule has 1 aliphatic carbocycles. The molecule has 3 nitrogen and oxygen atoms in total. The minimum Gasteiger partial charge on any atom is -0.286 e. The van der Waals surface area contributed by atoms with Crippen LogP contribution in [0.25, 0.3) is 16.7 Å². The SMILES string of the molecule is Cc1ccc(S(=O)(=O)NC=C2c3ccccc3-c3ccc(C(F)(F)F)cc32)cc1. The van der Waals surface area contributed by atoms with Gasteiger partial charge < -0.3 is 0 Å². The molecule has 0 heterocycles. The molecule has 3 aromatic carbocycles. The molecule has 1 aliphatic rings. The van der Waals surface area contributed by atoms with Crippen LogP contribution in [0.2, 0.25) is 0 Å². The molecule has 0 aliphatic heterocycles. The standard InChI is InChI=1S/C22H16F3NO2S/c1-14-6-9-16(10-7-14)29(27,28)26-13-21-18-5-3-2-4-17(18)19-11-8-15(12-20(19)21)22(23,24)25/h2-13,26H,1H3. The van der Waals surface area contributed by atoms with E-state index in [2.05, 4.69) is 4.72 Å². The van der Waals surface area contributed by atoms with Crippen molar-refractivity contribution in [2.24, 2.45) is 0 Å². The number of hydrogen-bond acceptors (Lipinski definition) is 2. The van der Waals surface area contributed by atoms with Gasteiger partial charge in [0.2, 0.25) is 0 Å². The van der Waals surface area contributed by atoms with E-state index in [4.69, 9.17) is 0 Å². The van der Waals surface area contributed by atoms with Gasteiger partial charge in [-0.3, -0.25) is 4.72 Å². The van der Waals surface area contributed by atoms with E-state index in [-0.39, 0.29) is 4.90 Å². The zero-order valence-corrected chi connectivity index (χ0v) is 16.1. The van der Waals surface area contributed by atoms with Gasteiger partial charge in [0, 0.05) is 11.8 Å². The summed E-state index contributed by atoms with van der Waals surface area (Å²) in [7, 11) is -3.86. The molecule has 0 fully saturated rings. The van der Waals surface area contributed by atoms with Gasteiger partial charge in [0.15, 0.2) is 0 Å². The molecule has 4 rings (SSSR count). The molecule has 0 amide bonds. The number of halogens is 3. The molecular weight excluding hydrogens is 399 g/mol. The van der Waals surface area contributed by atoms with Crippen molar-refractivity contribution in [1.29, 1.82) is 0 Å².